The Morgan fingerprint density at radius 3 is 0.420 bits per heavy atom. The molecule has 0 aromatic heterocycles. The fraction of sp³-hybridized carbons (Fsp3) is 0.278. The summed E-state index contributed by atoms with van der Waals surface area (Å²) in [5, 5.41) is 0. The Hall–Kier alpha value is -9.96. The van der Waals surface area contributed by atoms with Crippen molar-refractivity contribution in [2.75, 3.05) is 56.9 Å². The average molecular weight is 1200 g/mol. The van der Waals surface area contributed by atoms with Gasteiger partial charge in [-0.05, 0) is 142 Å². The summed E-state index contributed by atoms with van der Waals surface area (Å²) >= 11 is 0. The van der Waals surface area contributed by atoms with Crippen molar-refractivity contribution < 1.29 is 76.0 Å². The molecule has 0 N–H and O–H groups in total. The molecule has 8 rings (SSSR count). The lowest BCUT2D eigenvalue weighted by Crippen LogP contribution is -2.29. The average Bonchev–Trinajstić information content (AvgIpc) is 0.966. The van der Waals surface area contributed by atoms with Gasteiger partial charge in [0.2, 0.25) is 0 Å². The first kappa shape index (κ1) is 65.6. The van der Waals surface area contributed by atoms with Crippen molar-refractivity contribution in [3.8, 4) is 46.0 Å². The second-order valence-corrected chi connectivity index (χ2v) is 20.4. The number of benzene rings is 8. The summed E-state index contributed by atoms with van der Waals surface area (Å²) in [7, 11) is 12.8. The molecule has 0 unspecified atom stereocenters. The van der Waals surface area contributed by atoms with Gasteiger partial charge >= 0.3 is 23.9 Å². The van der Waals surface area contributed by atoms with Crippen molar-refractivity contribution in [1.29, 1.82) is 0 Å². The molecule has 0 fully saturated rings. The lowest BCUT2D eigenvalue weighted by Gasteiger charge is -2.38. The number of ether oxygens (including phenoxy) is 12. The van der Waals surface area contributed by atoms with Crippen LogP contribution < -0.4 is 37.9 Å². The van der Waals surface area contributed by atoms with E-state index in [4.69, 9.17) is 56.8 Å². The molecule has 8 atom stereocenters. The van der Waals surface area contributed by atoms with Crippen LogP contribution in [-0.2, 0) is 38.1 Å². The first-order valence-corrected chi connectivity index (χ1v) is 28.4. The molecule has 88 heavy (non-hydrogen) atoms. The zero-order chi connectivity index (χ0) is 63.3. The maximum Gasteiger partial charge on any atom is 0.303 e. The molecule has 8 aromatic carbocycles. The minimum atomic E-state index is -0.782. The third-order valence-corrected chi connectivity index (χ3v) is 15.0. The van der Waals surface area contributed by atoms with Crippen LogP contribution in [0.15, 0.2) is 194 Å². The van der Waals surface area contributed by atoms with Gasteiger partial charge < -0.3 is 56.8 Å². The summed E-state index contributed by atoms with van der Waals surface area (Å²) in [6.45, 7) is 5.54. The quantitative estimate of drug-likeness (QED) is 0.0369. The van der Waals surface area contributed by atoms with Crippen LogP contribution in [-0.4, -0.2) is 80.8 Å². The molecule has 16 nitrogen and oxygen atoms in total. The molecular formula is C72H76O16. The van der Waals surface area contributed by atoms with E-state index < -0.39 is 72.0 Å². The van der Waals surface area contributed by atoms with Crippen LogP contribution in [0.5, 0.6) is 46.0 Å². The predicted octanol–water partition coefficient (Wildman–Crippen LogP) is 14.4. The lowest BCUT2D eigenvalue weighted by atomic mass is 9.72. The van der Waals surface area contributed by atoms with Crippen LogP contribution in [0, 0.1) is 0 Å². The molecule has 0 aliphatic rings. The Morgan fingerprint density at radius 2 is 0.318 bits per heavy atom. The van der Waals surface area contributed by atoms with E-state index in [1.807, 2.05) is 194 Å². The highest BCUT2D eigenvalue weighted by molar-refractivity contribution is 5.68. The van der Waals surface area contributed by atoms with E-state index >= 15 is 0 Å². The third-order valence-electron chi connectivity index (χ3n) is 15.0. The standard InChI is InChI=1S/2C36H38O8/c2*1-23(37)43-35(27-11-19-31(41-5)20-12-27)33(25-7-15-29(39-3)16-8-25)34(26-9-17-30(40-4)18-10-26)36(44-24(2)38)28-13-21-32(42-6)22-14-28/h2*7-22,33-36H,1-6H3/t2*33-,34+,35-,36+. The van der Waals surface area contributed by atoms with Crippen LogP contribution in [0.4, 0.5) is 0 Å². The van der Waals surface area contributed by atoms with E-state index in [1.165, 1.54) is 27.7 Å². The molecule has 0 saturated carbocycles. The molecule has 0 aliphatic heterocycles. The zero-order valence-corrected chi connectivity index (χ0v) is 51.6. The smallest absolute Gasteiger partial charge is 0.303 e. The molecule has 16 heteroatoms. The maximum atomic E-state index is 12.7. The lowest BCUT2D eigenvalue weighted by molar-refractivity contribution is -0.153. The van der Waals surface area contributed by atoms with Gasteiger partial charge in [0.1, 0.15) is 70.4 Å². The molecule has 0 bridgehead atoms. The molecule has 0 heterocycles. The van der Waals surface area contributed by atoms with E-state index in [-0.39, 0.29) is 0 Å². The van der Waals surface area contributed by atoms with Gasteiger partial charge in [-0.2, -0.15) is 0 Å². The highest BCUT2D eigenvalue weighted by Crippen LogP contribution is 2.54. The van der Waals surface area contributed by atoms with Crippen LogP contribution in [0.1, 0.15) is 120 Å². The molecule has 8 aromatic rings. The van der Waals surface area contributed by atoms with E-state index in [0.717, 1.165) is 44.5 Å². The highest BCUT2D eigenvalue weighted by atomic mass is 16.6. The minimum absolute atomic E-state index is 0.453. The number of esters is 4. The van der Waals surface area contributed by atoms with Gasteiger partial charge in [0.25, 0.3) is 0 Å². The van der Waals surface area contributed by atoms with E-state index in [2.05, 4.69) is 0 Å². The van der Waals surface area contributed by atoms with Crippen molar-refractivity contribution >= 4 is 23.9 Å². The van der Waals surface area contributed by atoms with E-state index in [9.17, 15) is 19.2 Å². The van der Waals surface area contributed by atoms with Gasteiger partial charge in [0.05, 0.1) is 56.9 Å². The van der Waals surface area contributed by atoms with Gasteiger partial charge in [-0.25, -0.2) is 0 Å². The monoisotopic (exact) mass is 1200 g/mol. The van der Waals surface area contributed by atoms with Crippen molar-refractivity contribution in [1.82, 2.24) is 0 Å². The Morgan fingerprint density at radius 1 is 0.205 bits per heavy atom. The van der Waals surface area contributed by atoms with Crippen molar-refractivity contribution in [3.63, 3.8) is 0 Å². The number of rotatable bonds is 26. The van der Waals surface area contributed by atoms with Gasteiger partial charge in [-0.15, -0.1) is 0 Å². The van der Waals surface area contributed by atoms with Gasteiger partial charge in [-0.1, -0.05) is 97.1 Å². The SMILES string of the molecule is COc1ccc([C@H]([C@H](c2ccc(OC)cc2)[C@@H](OC(C)=O)c2ccc(OC)cc2)[C@H](OC(C)=O)c2ccc(OC)cc2)cc1.COc1ccc([C@H]([C@H](c2ccc(OC)cc2)[C@@H](OC(C)=O)c2ccc(OC)cc2)[C@H](OC(C)=O)c2ccc(OC)cc2)cc1. The fourth-order valence-electron chi connectivity index (χ4n) is 10.9. The molecule has 0 aliphatic carbocycles. The van der Waals surface area contributed by atoms with Crippen LogP contribution in [0.3, 0.4) is 0 Å². The van der Waals surface area contributed by atoms with Crippen molar-refractivity contribution in [3.05, 3.63) is 239 Å². The summed E-state index contributed by atoms with van der Waals surface area (Å²) < 4.78 is 68.0. The number of carbonyl (C=O) groups is 4. The second kappa shape index (κ2) is 32.0. The highest BCUT2D eigenvalue weighted by Gasteiger charge is 2.44. The van der Waals surface area contributed by atoms with Crippen LogP contribution >= 0.6 is 0 Å². The topological polar surface area (TPSA) is 179 Å². The third kappa shape index (κ3) is 17.1. The summed E-state index contributed by atoms with van der Waals surface area (Å²) in [6, 6.07) is 60.1. The molecule has 0 saturated heterocycles. The predicted molar refractivity (Wildman–Crippen MR) is 333 cm³/mol. The Balaban J connectivity index is 0.000000251. The van der Waals surface area contributed by atoms with Gasteiger partial charge in [0.15, 0.2) is 0 Å². The molecule has 0 radical (unpaired) electrons. The zero-order valence-electron chi connectivity index (χ0n) is 51.6. The van der Waals surface area contributed by atoms with E-state index in [1.54, 1.807) is 56.9 Å². The number of hydrogen-bond donors (Lipinski definition) is 0. The van der Waals surface area contributed by atoms with Crippen molar-refractivity contribution in [2.45, 2.75) is 75.8 Å². The van der Waals surface area contributed by atoms with Gasteiger partial charge in [0, 0.05) is 51.4 Å². The summed E-state index contributed by atoms with van der Waals surface area (Å²) in [6.07, 6.45) is -3.13. The number of methoxy groups -OCH3 is 8. The molecule has 460 valence electrons. The summed E-state index contributed by atoms with van der Waals surface area (Å²) in [5.74, 6) is 1.38. The normalized spacial score (nSPS) is 13.5. The molecular weight excluding hydrogens is 1120 g/mol. The summed E-state index contributed by atoms with van der Waals surface area (Å²) in [4.78, 5) is 50.9. The van der Waals surface area contributed by atoms with Crippen LogP contribution in [0.25, 0.3) is 0 Å². The molecule has 0 amide bonds. The minimum Gasteiger partial charge on any atom is -0.497 e. The summed E-state index contributed by atoms with van der Waals surface area (Å²) in [5.41, 5.74) is 6.37. The molecule has 0 spiro atoms. The van der Waals surface area contributed by atoms with Crippen molar-refractivity contribution in [2.24, 2.45) is 0 Å². The first-order chi connectivity index (χ1) is 42.5. The van der Waals surface area contributed by atoms with Gasteiger partial charge in [-0.3, -0.25) is 19.2 Å². The Labute approximate surface area is 515 Å². The largest absolute Gasteiger partial charge is 0.497 e. The van der Waals surface area contributed by atoms with E-state index in [0.29, 0.717) is 46.0 Å². The fourth-order valence-corrected chi connectivity index (χ4v) is 10.9. The Bertz CT molecular complexity index is 2990. The number of hydrogen-bond acceptors (Lipinski definition) is 16. The number of carbonyl (C=O) groups excluding carboxylic acids is 4. The maximum absolute atomic E-state index is 12.7. The first-order valence-electron chi connectivity index (χ1n) is 28.4. The second-order valence-electron chi connectivity index (χ2n) is 20.4. The van der Waals surface area contributed by atoms with Crippen LogP contribution in [0.2, 0.25) is 0 Å². The Kier molecular flexibility index (Phi) is 23.8.